The lowest BCUT2D eigenvalue weighted by Gasteiger charge is -2.23. The highest BCUT2D eigenvalue weighted by molar-refractivity contribution is 7.86. The lowest BCUT2D eigenvalue weighted by molar-refractivity contribution is -0.133. The number of rotatable bonds is 3. The predicted molar refractivity (Wildman–Crippen MR) is 66.5 cm³/mol. The summed E-state index contributed by atoms with van der Waals surface area (Å²) in [7, 11) is -3.85. The third-order valence-corrected chi connectivity index (χ3v) is 5.13. The lowest BCUT2D eigenvalue weighted by Crippen LogP contribution is -2.42. The van der Waals surface area contributed by atoms with Crippen LogP contribution in [0.3, 0.4) is 0 Å². The highest BCUT2D eigenvalue weighted by Crippen LogP contribution is 2.43. The van der Waals surface area contributed by atoms with Crippen molar-refractivity contribution in [3.05, 3.63) is 29.8 Å². The van der Waals surface area contributed by atoms with Gasteiger partial charge >= 0.3 is 0 Å². The van der Waals surface area contributed by atoms with Crippen molar-refractivity contribution in [3.63, 3.8) is 0 Å². The van der Waals surface area contributed by atoms with Gasteiger partial charge in [0.15, 0.2) is 12.4 Å². The molecule has 3 saturated heterocycles. The minimum atomic E-state index is -3.85. The molecule has 7 heteroatoms. The van der Waals surface area contributed by atoms with Gasteiger partial charge in [0.1, 0.15) is 18.3 Å². The average Bonchev–Trinajstić information content (AvgIpc) is 3.09. The van der Waals surface area contributed by atoms with Gasteiger partial charge in [-0.1, -0.05) is 17.7 Å². The normalized spacial score (nSPS) is 38.5. The van der Waals surface area contributed by atoms with Gasteiger partial charge < -0.3 is 14.2 Å². The number of aryl methyl sites for hydroxylation is 1. The van der Waals surface area contributed by atoms with Gasteiger partial charge in [0.25, 0.3) is 10.1 Å². The van der Waals surface area contributed by atoms with Crippen LogP contribution in [0.4, 0.5) is 0 Å². The standard InChI is InChI=1S/C13H14O6S/c1-7-2-4-8(5-3-7)20(14,15)19-12-11-10(18-11)9-6-16-13(12)17-9/h2-5,9-13H,6H2,1H3/t9-,10-,11+,12+,13-/m1/s1. The molecule has 0 unspecified atom stereocenters. The smallest absolute Gasteiger partial charge is 0.297 e. The largest absolute Gasteiger partial charge is 0.364 e. The molecule has 1 aromatic carbocycles. The van der Waals surface area contributed by atoms with E-state index in [-0.39, 0.29) is 23.2 Å². The number of hydrogen-bond acceptors (Lipinski definition) is 6. The van der Waals surface area contributed by atoms with E-state index in [4.69, 9.17) is 18.4 Å². The molecular formula is C13H14O6S. The van der Waals surface area contributed by atoms with Crippen LogP contribution in [0.25, 0.3) is 0 Å². The molecular weight excluding hydrogens is 284 g/mol. The zero-order valence-electron chi connectivity index (χ0n) is 10.8. The summed E-state index contributed by atoms with van der Waals surface area (Å²) >= 11 is 0. The summed E-state index contributed by atoms with van der Waals surface area (Å²) in [4.78, 5) is 0.125. The molecule has 0 aliphatic carbocycles. The van der Waals surface area contributed by atoms with Crippen LogP contribution in [0.5, 0.6) is 0 Å². The topological polar surface area (TPSA) is 74.4 Å². The Kier molecular flexibility index (Phi) is 2.71. The molecule has 0 amide bonds. The van der Waals surface area contributed by atoms with E-state index >= 15 is 0 Å². The first-order chi connectivity index (χ1) is 9.54. The van der Waals surface area contributed by atoms with Gasteiger partial charge in [0.2, 0.25) is 0 Å². The Morgan fingerprint density at radius 1 is 1.15 bits per heavy atom. The summed E-state index contributed by atoms with van der Waals surface area (Å²) in [6.45, 7) is 2.32. The average molecular weight is 298 g/mol. The van der Waals surface area contributed by atoms with Gasteiger partial charge in [-0.15, -0.1) is 0 Å². The number of ether oxygens (including phenoxy) is 3. The van der Waals surface area contributed by atoms with Crippen LogP contribution in [-0.2, 0) is 28.5 Å². The fourth-order valence-electron chi connectivity index (χ4n) is 2.65. The van der Waals surface area contributed by atoms with E-state index in [1.54, 1.807) is 12.1 Å². The van der Waals surface area contributed by atoms with Crippen molar-refractivity contribution in [3.8, 4) is 0 Å². The van der Waals surface area contributed by atoms with Crippen LogP contribution in [0, 0.1) is 6.92 Å². The molecule has 0 aromatic heterocycles. The summed E-state index contributed by atoms with van der Waals surface area (Å²) in [5, 5.41) is 0. The SMILES string of the molecule is Cc1ccc(S(=O)(=O)O[C@@H]2[C@@H]3OC[C@@H](O3)[C@H]3O[C@H]23)cc1. The van der Waals surface area contributed by atoms with Crippen molar-refractivity contribution in [1.82, 2.24) is 0 Å². The van der Waals surface area contributed by atoms with Crippen LogP contribution < -0.4 is 0 Å². The Morgan fingerprint density at radius 2 is 1.90 bits per heavy atom. The Bertz CT molecular complexity index is 625. The Labute approximate surface area is 116 Å². The van der Waals surface area contributed by atoms with E-state index in [1.165, 1.54) is 12.1 Å². The minimum absolute atomic E-state index is 0.0908. The second-order valence-corrected chi connectivity index (χ2v) is 6.84. The molecule has 2 bridgehead atoms. The minimum Gasteiger partial charge on any atom is -0.364 e. The van der Waals surface area contributed by atoms with E-state index in [9.17, 15) is 8.42 Å². The van der Waals surface area contributed by atoms with E-state index in [0.29, 0.717) is 6.61 Å². The number of hydrogen-bond donors (Lipinski definition) is 0. The van der Waals surface area contributed by atoms with Crippen molar-refractivity contribution in [1.29, 1.82) is 0 Å². The second kappa shape index (κ2) is 4.25. The van der Waals surface area contributed by atoms with Crippen molar-refractivity contribution in [2.75, 3.05) is 6.61 Å². The zero-order chi connectivity index (χ0) is 13.9. The van der Waals surface area contributed by atoms with Crippen molar-refractivity contribution < 1.29 is 26.8 Å². The molecule has 20 heavy (non-hydrogen) atoms. The van der Waals surface area contributed by atoms with Crippen LogP contribution in [0.2, 0.25) is 0 Å². The monoisotopic (exact) mass is 298 g/mol. The third-order valence-electron chi connectivity index (χ3n) is 3.80. The molecule has 3 heterocycles. The Morgan fingerprint density at radius 3 is 2.65 bits per heavy atom. The maximum Gasteiger partial charge on any atom is 0.297 e. The van der Waals surface area contributed by atoms with Gasteiger partial charge in [0, 0.05) is 0 Å². The number of epoxide rings is 1. The lowest BCUT2D eigenvalue weighted by atomic mass is 10.1. The van der Waals surface area contributed by atoms with Crippen LogP contribution >= 0.6 is 0 Å². The van der Waals surface area contributed by atoms with Crippen molar-refractivity contribution in [2.24, 2.45) is 0 Å². The molecule has 3 aliphatic heterocycles. The molecule has 0 spiro atoms. The Hall–Kier alpha value is -0.990. The first-order valence-electron chi connectivity index (χ1n) is 6.47. The summed E-state index contributed by atoms with van der Waals surface area (Å²) in [6.07, 6.45) is -1.84. The first-order valence-corrected chi connectivity index (χ1v) is 7.88. The van der Waals surface area contributed by atoms with Crippen LogP contribution in [0.15, 0.2) is 29.2 Å². The molecule has 5 atom stereocenters. The van der Waals surface area contributed by atoms with Crippen LogP contribution in [0.1, 0.15) is 5.56 Å². The summed E-state index contributed by atoms with van der Waals surface area (Å²) < 4.78 is 46.2. The first kappa shape index (κ1) is 12.7. The predicted octanol–water partition coefficient (Wildman–Crippen LogP) is 0.591. The summed E-state index contributed by atoms with van der Waals surface area (Å²) in [5.74, 6) is 0. The molecule has 0 N–H and O–H groups in total. The summed E-state index contributed by atoms with van der Waals surface area (Å²) in [6, 6.07) is 6.51. The van der Waals surface area contributed by atoms with E-state index in [0.717, 1.165) is 5.56 Å². The molecule has 4 rings (SSSR count). The van der Waals surface area contributed by atoms with Gasteiger partial charge in [-0.3, -0.25) is 4.18 Å². The van der Waals surface area contributed by atoms with Gasteiger partial charge in [-0.25, -0.2) is 0 Å². The molecule has 3 aliphatic rings. The third kappa shape index (κ3) is 1.97. The fraction of sp³-hybridized carbons (Fsp3) is 0.538. The van der Waals surface area contributed by atoms with Gasteiger partial charge in [-0.05, 0) is 19.1 Å². The highest BCUT2D eigenvalue weighted by atomic mass is 32.2. The summed E-state index contributed by atoms with van der Waals surface area (Å²) in [5.41, 5.74) is 0.984. The second-order valence-electron chi connectivity index (χ2n) is 5.27. The highest BCUT2D eigenvalue weighted by Gasteiger charge is 2.63. The maximum absolute atomic E-state index is 12.3. The van der Waals surface area contributed by atoms with E-state index in [1.807, 2.05) is 6.92 Å². The van der Waals surface area contributed by atoms with Crippen molar-refractivity contribution in [2.45, 2.75) is 42.5 Å². The van der Waals surface area contributed by atoms with Gasteiger partial charge in [-0.2, -0.15) is 8.42 Å². The zero-order valence-corrected chi connectivity index (χ0v) is 11.6. The molecule has 6 nitrogen and oxygen atoms in total. The fourth-order valence-corrected chi connectivity index (χ4v) is 3.72. The molecule has 108 valence electrons. The molecule has 1 aromatic rings. The number of fused-ring (bicyclic) bond motifs is 4. The van der Waals surface area contributed by atoms with E-state index < -0.39 is 22.5 Å². The molecule has 3 fully saturated rings. The number of benzene rings is 1. The maximum atomic E-state index is 12.3. The van der Waals surface area contributed by atoms with E-state index in [2.05, 4.69) is 0 Å². The van der Waals surface area contributed by atoms with Gasteiger partial charge in [0.05, 0.1) is 11.5 Å². The Balaban J connectivity index is 1.57. The van der Waals surface area contributed by atoms with Crippen molar-refractivity contribution >= 4 is 10.1 Å². The molecule has 0 radical (unpaired) electrons. The van der Waals surface area contributed by atoms with Crippen LogP contribution in [-0.4, -0.2) is 45.7 Å². The molecule has 0 saturated carbocycles. The quantitative estimate of drug-likeness (QED) is 0.600.